The summed E-state index contributed by atoms with van der Waals surface area (Å²) in [4.78, 5) is 12.8. The minimum atomic E-state index is -4.58. The van der Waals surface area contributed by atoms with Gasteiger partial charge in [-0.2, -0.15) is 18.4 Å². The Kier molecular flexibility index (Phi) is 5.71. The predicted molar refractivity (Wildman–Crippen MR) is 98.0 cm³/mol. The topological polar surface area (TPSA) is 64.9 Å². The number of nitrogens with one attached hydrogen (secondary N) is 2. The van der Waals surface area contributed by atoms with E-state index in [1.165, 1.54) is 24.3 Å². The Bertz CT molecular complexity index is 843. The monoisotopic (exact) mass is 387 g/mol. The van der Waals surface area contributed by atoms with Gasteiger partial charge in [-0.25, -0.2) is 0 Å². The Morgan fingerprint density at radius 3 is 2.14 bits per heavy atom. The van der Waals surface area contributed by atoms with E-state index in [-0.39, 0.29) is 12.0 Å². The maximum absolute atomic E-state index is 13.7. The van der Waals surface area contributed by atoms with E-state index in [9.17, 15) is 23.2 Å². The fourth-order valence-corrected chi connectivity index (χ4v) is 3.02. The molecule has 4 nitrogen and oxygen atoms in total. The molecule has 1 aliphatic carbocycles. The second-order valence-corrected chi connectivity index (χ2v) is 6.98. The Balaban J connectivity index is 1.86. The number of hydrogen-bond donors (Lipinski definition) is 2. The van der Waals surface area contributed by atoms with Crippen molar-refractivity contribution in [2.24, 2.45) is 0 Å². The van der Waals surface area contributed by atoms with Crippen LogP contribution in [0.3, 0.4) is 0 Å². The van der Waals surface area contributed by atoms with E-state index in [1.807, 2.05) is 6.07 Å². The third-order valence-electron chi connectivity index (χ3n) is 4.75. The van der Waals surface area contributed by atoms with Crippen LogP contribution in [-0.4, -0.2) is 23.7 Å². The van der Waals surface area contributed by atoms with Gasteiger partial charge in [0, 0.05) is 0 Å². The van der Waals surface area contributed by atoms with Crippen LogP contribution in [-0.2, 0) is 11.2 Å². The lowest BCUT2D eigenvalue weighted by molar-refractivity contribution is -0.160. The SMILES string of the molecule is N#CC1(NC(=O)[C@H](Cc2ccccc2)N[C@@H](c2ccccc2)C(F)(F)F)CC1. The van der Waals surface area contributed by atoms with E-state index in [2.05, 4.69) is 10.6 Å². The maximum Gasteiger partial charge on any atom is 0.407 e. The zero-order chi connectivity index (χ0) is 20.2. The summed E-state index contributed by atoms with van der Waals surface area (Å²) in [6, 6.07) is 15.2. The molecule has 1 amide bonds. The molecule has 3 rings (SSSR count). The first-order chi connectivity index (χ1) is 13.3. The molecule has 1 saturated carbocycles. The minimum Gasteiger partial charge on any atom is -0.336 e. The lowest BCUT2D eigenvalue weighted by atomic mass is 10.0. The van der Waals surface area contributed by atoms with Crippen molar-refractivity contribution in [3.8, 4) is 6.07 Å². The molecular formula is C21H20F3N3O. The van der Waals surface area contributed by atoms with Crippen LogP contribution in [0.15, 0.2) is 60.7 Å². The molecule has 0 heterocycles. The molecule has 1 fully saturated rings. The van der Waals surface area contributed by atoms with Crippen LogP contribution in [0.25, 0.3) is 0 Å². The van der Waals surface area contributed by atoms with Gasteiger partial charge in [-0.1, -0.05) is 60.7 Å². The van der Waals surface area contributed by atoms with E-state index in [0.29, 0.717) is 12.8 Å². The third-order valence-corrected chi connectivity index (χ3v) is 4.75. The first kappa shape index (κ1) is 19.9. The van der Waals surface area contributed by atoms with Crippen LogP contribution in [0.1, 0.15) is 30.0 Å². The smallest absolute Gasteiger partial charge is 0.336 e. The molecule has 0 bridgehead atoms. The number of hydrogen-bond acceptors (Lipinski definition) is 3. The lowest BCUT2D eigenvalue weighted by Crippen LogP contribution is -2.52. The summed E-state index contributed by atoms with van der Waals surface area (Å²) < 4.78 is 41.2. The summed E-state index contributed by atoms with van der Waals surface area (Å²) in [5.74, 6) is -0.604. The van der Waals surface area contributed by atoms with E-state index < -0.39 is 29.7 Å². The number of carbonyl (C=O) groups excluding carboxylic acids is 1. The highest BCUT2D eigenvalue weighted by Gasteiger charge is 2.47. The molecule has 2 atom stereocenters. The fraction of sp³-hybridized carbons (Fsp3) is 0.333. The van der Waals surface area contributed by atoms with Crippen molar-refractivity contribution in [3.63, 3.8) is 0 Å². The Labute approximate surface area is 161 Å². The standard InChI is InChI=1S/C21H20F3N3O/c22-21(23,24)18(16-9-5-2-6-10-16)26-17(13-15-7-3-1-4-8-15)19(28)27-20(14-25)11-12-20/h1-10,17-18,26H,11-13H2,(H,27,28)/t17-,18-/m0/s1. The molecule has 2 aromatic carbocycles. The van der Waals surface area contributed by atoms with Crippen molar-refractivity contribution in [1.29, 1.82) is 5.26 Å². The van der Waals surface area contributed by atoms with Crippen LogP contribution in [0.2, 0.25) is 0 Å². The Morgan fingerprint density at radius 2 is 1.64 bits per heavy atom. The highest BCUT2D eigenvalue weighted by molar-refractivity contribution is 5.83. The molecule has 0 unspecified atom stereocenters. The molecule has 146 valence electrons. The number of amides is 1. The normalized spacial score (nSPS) is 17.2. The number of benzene rings is 2. The van der Waals surface area contributed by atoms with E-state index >= 15 is 0 Å². The van der Waals surface area contributed by atoms with Gasteiger partial charge in [0.15, 0.2) is 0 Å². The number of rotatable bonds is 7. The van der Waals surface area contributed by atoms with Crippen LogP contribution in [0, 0.1) is 11.3 Å². The average Bonchev–Trinajstić information content (AvgIpc) is 3.45. The number of carbonyl (C=O) groups is 1. The van der Waals surface area contributed by atoms with Gasteiger partial charge >= 0.3 is 6.18 Å². The molecular weight excluding hydrogens is 367 g/mol. The zero-order valence-corrected chi connectivity index (χ0v) is 15.0. The molecule has 1 aliphatic rings. The van der Waals surface area contributed by atoms with Crippen molar-refractivity contribution in [1.82, 2.24) is 10.6 Å². The second kappa shape index (κ2) is 8.03. The summed E-state index contributed by atoms with van der Waals surface area (Å²) in [5.41, 5.74) is -0.193. The summed E-state index contributed by atoms with van der Waals surface area (Å²) in [6.07, 6.45) is -3.49. The average molecular weight is 387 g/mol. The fourth-order valence-electron chi connectivity index (χ4n) is 3.02. The van der Waals surface area contributed by atoms with Gasteiger partial charge in [-0.15, -0.1) is 0 Å². The summed E-state index contributed by atoms with van der Waals surface area (Å²) in [5, 5.41) is 14.3. The quantitative estimate of drug-likeness (QED) is 0.762. The summed E-state index contributed by atoms with van der Waals surface area (Å²) >= 11 is 0. The van der Waals surface area contributed by atoms with Gasteiger partial charge in [-0.05, 0) is 30.4 Å². The zero-order valence-electron chi connectivity index (χ0n) is 15.0. The lowest BCUT2D eigenvalue weighted by Gasteiger charge is -2.28. The Hall–Kier alpha value is -2.85. The van der Waals surface area contributed by atoms with E-state index in [1.54, 1.807) is 36.4 Å². The van der Waals surface area contributed by atoms with E-state index in [4.69, 9.17) is 0 Å². The maximum atomic E-state index is 13.7. The molecule has 0 saturated heterocycles. The van der Waals surface area contributed by atoms with Crippen molar-refractivity contribution in [2.45, 2.75) is 43.1 Å². The van der Waals surface area contributed by atoms with Crippen molar-refractivity contribution >= 4 is 5.91 Å². The number of alkyl halides is 3. The molecule has 0 aromatic heterocycles. The number of halogens is 3. The van der Waals surface area contributed by atoms with Crippen LogP contribution in [0.5, 0.6) is 0 Å². The number of nitrogens with zero attached hydrogens (tertiary/aromatic N) is 1. The van der Waals surface area contributed by atoms with Crippen LogP contribution in [0.4, 0.5) is 13.2 Å². The summed E-state index contributed by atoms with van der Waals surface area (Å²) in [6.45, 7) is 0. The van der Waals surface area contributed by atoms with Gasteiger partial charge in [0.05, 0.1) is 12.1 Å². The largest absolute Gasteiger partial charge is 0.407 e. The highest BCUT2D eigenvalue weighted by Crippen LogP contribution is 2.35. The van der Waals surface area contributed by atoms with Gasteiger partial charge in [0.1, 0.15) is 11.6 Å². The molecule has 0 aliphatic heterocycles. The first-order valence-electron chi connectivity index (χ1n) is 8.98. The van der Waals surface area contributed by atoms with Crippen LogP contribution < -0.4 is 10.6 Å². The molecule has 0 spiro atoms. The van der Waals surface area contributed by atoms with Crippen molar-refractivity contribution in [2.75, 3.05) is 0 Å². The van der Waals surface area contributed by atoms with E-state index in [0.717, 1.165) is 5.56 Å². The Morgan fingerprint density at radius 1 is 1.07 bits per heavy atom. The van der Waals surface area contributed by atoms with Gasteiger partial charge in [0.2, 0.25) is 5.91 Å². The minimum absolute atomic E-state index is 0.0299. The van der Waals surface area contributed by atoms with Crippen LogP contribution >= 0.6 is 0 Å². The third kappa shape index (κ3) is 4.90. The molecule has 28 heavy (non-hydrogen) atoms. The molecule has 2 N–H and O–H groups in total. The predicted octanol–water partition coefficient (Wildman–Crippen LogP) is 3.66. The van der Waals surface area contributed by atoms with Gasteiger partial charge < -0.3 is 5.32 Å². The molecule has 2 aromatic rings. The van der Waals surface area contributed by atoms with Crippen molar-refractivity contribution in [3.05, 3.63) is 71.8 Å². The second-order valence-electron chi connectivity index (χ2n) is 6.98. The molecule has 7 heteroatoms. The summed E-state index contributed by atoms with van der Waals surface area (Å²) in [7, 11) is 0. The number of nitriles is 1. The highest BCUT2D eigenvalue weighted by atomic mass is 19.4. The van der Waals surface area contributed by atoms with Gasteiger partial charge in [-0.3, -0.25) is 10.1 Å². The van der Waals surface area contributed by atoms with Gasteiger partial charge in [0.25, 0.3) is 0 Å². The first-order valence-corrected chi connectivity index (χ1v) is 8.98. The van der Waals surface area contributed by atoms with Crippen molar-refractivity contribution < 1.29 is 18.0 Å². The molecule has 0 radical (unpaired) electrons.